The van der Waals surface area contributed by atoms with Gasteiger partial charge in [0.05, 0.1) is 32.5 Å². The number of carbonyl (C=O) groups is 11. The Morgan fingerprint density at radius 1 is 0.566 bits per heavy atom. The van der Waals surface area contributed by atoms with Crippen molar-refractivity contribution in [2.45, 2.75) is 95.0 Å². The van der Waals surface area contributed by atoms with E-state index in [0.717, 1.165) is 21.8 Å². The predicted molar refractivity (Wildman–Crippen MR) is 275 cm³/mol. The largest absolute Gasteiger partial charge is 0.481 e. The molecule has 0 aliphatic rings. The lowest BCUT2D eigenvalue weighted by Crippen LogP contribution is -2.60. The maximum absolute atomic E-state index is 14.0. The number of hydrogen-bond donors (Lipinski definition) is 16. The number of nitrogens with zero attached hydrogens (tertiary/aromatic N) is 1. The molecule has 6 atom stereocenters. The lowest BCUT2D eigenvalue weighted by atomic mass is 10.0. The van der Waals surface area contributed by atoms with E-state index in [9.17, 15) is 57.8 Å². The zero-order valence-electron chi connectivity index (χ0n) is 41.9. The molecule has 2 heterocycles. The summed E-state index contributed by atoms with van der Waals surface area (Å²) >= 11 is 0. The number of nitrogens with two attached hydrogens (primary N) is 5. The maximum Gasteiger partial charge on any atom is 0.305 e. The number of benzene rings is 2. The second kappa shape index (κ2) is 29.0. The Labute approximate surface area is 435 Å². The summed E-state index contributed by atoms with van der Waals surface area (Å²) in [6, 6.07) is 5.44. The molecule has 0 aliphatic heterocycles. The van der Waals surface area contributed by atoms with Gasteiger partial charge >= 0.3 is 5.97 Å². The molecule has 2 aromatic carbocycles. The third-order valence-corrected chi connectivity index (χ3v) is 11.6. The first-order valence-electron chi connectivity index (χ1n) is 24.0. The van der Waals surface area contributed by atoms with Gasteiger partial charge in [-0.3, -0.25) is 57.7 Å². The average molecular weight is 1060 g/mol. The van der Waals surface area contributed by atoms with Gasteiger partial charge in [-0.2, -0.15) is 0 Å². The number of para-hydroxylation sites is 2. The van der Waals surface area contributed by atoms with Crippen LogP contribution < -0.4 is 71.2 Å². The topological polar surface area (TPSA) is 478 Å². The van der Waals surface area contributed by atoms with Crippen molar-refractivity contribution < 1.29 is 57.8 Å². The van der Waals surface area contributed by atoms with E-state index in [1.54, 1.807) is 50.5 Å². The minimum atomic E-state index is -1.88. The Kier molecular flexibility index (Phi) is 22.7. The second-order valence-electron chi connectivity index (χ2n) is 18.1. The maximum atomic E-state index is 14.0. The zero-order valence-corrected chi connectivity index (χ0v) is 41.9. The zero-order chi connectivity index (χ0) is 56.1. The van der Waals surface area contributed by atoms with Gasteiger partial charge in [-0.15, -0.1) is 0 Å². The van der Waals surface area contributed by atoms with Crippen molar-refractivity contribution in [2.24, 2.45) is 39.6 Å². The lowest BCUT2D eigenvalue weighted by molar-refractivity contribution is -0.141. The Morgan fingerprint density at radius 3 is 1.59 bits per heavy atom. The number of guanidine groups is 1. The Bertz CT molecular complexity index is 2790. The van der Waals surface area contributed by atoms with Crippen LogP contribution in [-0.2, 0) is 65.6 Å². The molecule has 21 N–H and O–H groups in total. The van der Waals surface area contributed by atoms with E-state index in [4.69, 9.17) is 28.7 Å². The van der Waals surface area contributed by atoms with E-state index in [-0.39, 0.29) is 50.5 Å². The molecular formula is C48H66N16O12. The number of H-pyrrole nitrogens is 2. The molecule has 0 fully saturated rings. The fourth-order valence-electron chi connectivity index (χ4n) is 7.86. The molecule has 4 rings (SSSR count). The molecule has 2 aromatic heterocycles. The highest BCUT2D eigenvalue weighted by molar-refractivity contribution is 5.99. The van der Waals surface area contributed by atoms with Crippen LogP contribution in [-0.4, -0.2) is 149 Å². The molecule has 0 saturated heterocycles. The van der Waals surface area contributed by atoms with Crippen LogP contribution in [0.25, 0.3) is 21.8 Å². The molecule has 28 heteroatoms. The van der Waals surface area contributed by atoms with Crippen LogP contribution in [0.1, 0.15) is 57.1 Å². The molecule has 28 nitrogen and oxygen atoms in total. The summed E-state index contributed by atoms with van der Waals surface area (Å²) in [5, 5.41) is 30.5. The van der Waals surface area contributed by atoms with Crippen LogP contribution in [0.5, 0.6) is 0 Å². The summed E-state index contributed by atoms with van der Waals surface area (Å²) in [6.07, 6.45) is 1.30. The van der Waals surface area contributed by atoms with Gasteiger partial charge in [0.25, 0.3) is 0 Å². The quantitative estimate of drug-likeness (QED) is 0.0128. The summed E-state index contributed by atoms with van der Waals surface area (Å²) in [6.45, 7) is 1.46. The predicted octanol–water partition coefficient (Wildman–Crippen LogP) is -4.53. The van der Waals surface area contributed by atoms with Crippen LogP contribution in [0.4, 0.5) is 0 Å². The number of rotatable bonds is 31. The third kappa shape index (κ3) is 19.1. The Morgan fingerprint density at radius 2 is 1.05 bits per heavy atom. The van der Waals surface area contributed by atoms with Crippen LogP contribution >= 0.6 is 0 Å². The van der Waals surface area contributed by atoms with E-state index in [2.05, 4.69) is 57.5 Å². The number of aromatic nitrogens is 2. The van der Waals surface area contributed by atoms with Gasteiger partial charge in [-0.25, -0.2) is 0 Å². The number of amides is 10. The number of aliphatic imine (C=N–C) groups is 1. The number of fused-ring (bicyclic) bond motifs is 2. The van der Waals surface area contributed by atoms with Gasteiger partial charge in [0.1, 0.15) is 36.3 Å². The molecular weight excluding hydrogens is 993 g/mol. The Balaban J connectivity index is 1.43. The van der Waals surface area contributed by atoms with Gasteiger partial charge in [0.15, 0.2) is 5.96 Å². The van der Waals surface area contributed by atoms with Crippen LogP contribution in [0.15, 0.2) is 65.9 Å². The summed E-state index contributed by atoms with van der Waals surface area (Å²) in [4.78, 5) is 153. The number of carboxylic acids is 1. The van der Waals surface area contributed by atoms with Gasteiger partial charge < -0.3 is 86.3 Å². The highest BCUT2D eigenvalue weighted by atomic mass is 16.4. The second-order valence-corrected chi connectivity index (χ2v) is 18.1. The molecule has 0 bridgehead atoms. The molecule has 0 spiro atoms. The first-order chi connectivity index (χ1) is 36.0. The highest BCUT2D eigenvalue weighted by Gasteiger charge is 2.34. The van der Waals surface area contributed by atoms with Gasteiger partial charge in [0.2, 0.25) is 59.1 Å². The molecule has 0 unspecified atom stereocenters. The molecule has 10 amide bonds. The molecule has 76 heavy (non-hydrogen) atoms. The first-order valence-corrected chi connectivity index (χ1v) is 24.0. The monoisotopic (exact) mass is 1060 g/mol. The number of nitrogens with one attached hydrogen (secondary N) is 10. The molecule has 0 radical (unpaired) electrons. The van der Waals surface area contributed by atoms with Crippen LogP contribution in [0, 0.1) is 5.92 Å². The van der Waals surface area contributed by atoms with Gasteiger partial charge in [-0.1, -0.05) is 50.2 Å². The van der Waals surface area contributed by atoms with E-state index < -0.39 is 134 Å². The van der Waals surface area contributed by atoms with Crippen molar-refractivity contribution in [3.8, 4) is 0 Å². The van der Waals surface area contributed by atoms with Crippen LogP contribution in [0.3, 0.4) is 0 Å². The number of carbonyl (C=O) groups excluding carboxylic acids is 10. The number of aromatic amines is 2. The molecule has 0 aliphatic carbocycles. The number of hydrogen-bond acceptors (Lipinski definition) is 13. The molecule has 4 aromatic rings. The van der Waals surface area contributed by atoms with Crippen molar-refractivity contribution in [1.29, 1.82) is 0 Å². The van der Waals surface area contributed by atoms with E-state index in [0.29, 0.717) is 11.1 Å². The summed E-state index contributed by atoms with van der Waals surface area (Å²) in [5.41, 5.74) is 30.3. The first kappa shape index (κ1) is 59.5. The Hall–Kier alpha value is -9.08. The van der Waals surface area contributed by atoms with E-state index >= 15 is 0 Å². The van der Waals surface area contributed by atoms with Gasteiger partial charge in [0, 0.05) is 53.6 Å². The van der Waals surface area contributed by atoms with Crippen molar-refractivity contribution in [3.63, 3.8) is 0 Å². The van der Waals surface area contributed by atoms with E-state index in [1.807, 2.05) is 24.3 Å². The third-order valence-electron chi connectivity index (χ3n) is 11.6. The van der Waals surface area contributed by atoms with Crippen LogP contribution in [0.2, 0.25) is 0 Å². The number of aliphatic carboxylic acids is 1. The average Bonchev–Trinajstić information content (AvgIpc) is 3.97. The van der Waals surface area contributed by atoms with Gasteiger partial charge in [-0.05, 0) is 48.4 Å². The number of carboxylic acid groups (broad SMARTS) is 1. The normalized spacial score (nSPS) is 13.4. The summed E-state index contributed by atoms with van der Waals surface area (Å²) in [5.74, 6) is -11.6. The highest BCUT2D eigenvalue weighted by Crippen LogP contribution is 2.21. The minimum absolute atomic E-state index is 0.00939. The molecule has 0 saturated carbocycles. The fourth-order valence-corrected chi connectivity index (χ4v) is 7.86. The van der Waals surface area contributed by atoms with Crippen molar-refractivity contribution in [1.82, 2.24) is 52.5 Å². The summed E-state index contributed by atoms with van der Waals surface area (Å²) in [7, 11) is 0. The smallest absolute Gasteiger partial charge is 0.305 e. The summed E-state index contributed by atoms with van der Waals surface area (Å²) < 4.78 is 0. The van der Waals surface area contributed by atoms with Crippen molar-refractivity contribution >= 4 is 92.8 Å². The SMILES string of the molecule is CC(C)C[C@H](NC(=O)[C@H](CC(=O)O)NC(=O)[C@H](CCCN=C(N)N)NC(=O)[C@H](Cc1c[nH]c2ccccc12)NC(=O)CN)C(=O)N[C@@H](CC(N)=O)C(=O)NCC(=O)NCC(=O)N[C@@H](Cc1c[nH]c2ccccc12)C(N)=O. The van der Waals surface area contributed by atoms with Crippen molar-refractivity contribution in [2.75, 3.05) is 26.2 Å². The number of primary amides is 2. The standard InChI is InChI=1S/C48H66N16O12/c1-24(2)14-33(45(74)63-35(17-37(50)65)43(72)58-22-39(67)57-23-40(68)59-32(42(51)71)15-25-20-55-29-10-5-3-8-27(25)29)62-47(76)36(18-41(69)70)64-44(73)31(12-7-13-54-48(52)53)61-46(75)34(60-38(66)19-49)16-26-21-56-30-11-6-4-9-28(26)30/h3-6,8-11,20-21,24,31-36,55-56H,7,12-19,22-23,49H2,1-2H3,(H2,50,65)(H2,51,71)(H,57,67)(H,58,72)(H,59,68)(H,60,66)(H,61,75)(H,62,76)(H,63,74)(H,64,73)(H,69,70)(H4,52,53,54)/t31-,32-,33-,34-,35-,36-/m0/s1. The lowest BCUT2D eigenvalue weighted by Gasteiger charge is -2.27. The van der Waals surface area contributed by atoms with Crippen molar-refractivity contribution in [3.05, 3.63) is 72.1 Å². The molecule has 410 valence electrons. The minimum Gasteiger partial charge on any atom is -0.481 e. The van der Waals surface area contributed by atoms with E-state index in [1.165, 1.54) is 0 Å². The fraction of sp³-hybridized carbons (Fsp3) is 0.417.